The molecule has 2 aromatic rings. The topological polar surface area (TPSA) is 23.6 Å². The van der Waals surface area contributed by atoms with Gasteiger partial charge in [-0.1, -0.05) is 62.4 Å². The van der Waals surface area contributed by atoms with E-state index < -0.39 is 0 Å². The number of likely N-dealkylation sites (tertiary alicyclic amines) is 1. The number of hydrogen-bond donors (Lipinski definition) is 0. The predicted molar refractivity (Wildman–Crippen MR) is 113 cm³/mol. The lowest BCUT2D eigenvalue weighted by Crippen LogP contribution is -2.55. The lowest BCUT2D eigenvalue weighted by molar-refractivity contribution is -0.119. The first-order chi connectivity index (χ1) is 13.1. The van der Waals surface area contributed by atoms with Crippen molar-refractivity contribution in [2.75, 3.05) is 18.0 Å². The van der Waals surface area contributed by atoms with Crippen molar-refractivity contribution in [2.24, 2.45) is 5.92 Å². The minimum absolute atomic E-state index is 0.225. The number of para-hydroxylation sites is 1. The van der Waals surface area contributed by atoms with Gasteiger partial charge >= 0.3 is 0 Å². The Labute approximate surface area is 164 Å². The van der Waals surface area contributed by atoms with Crippen LogP contribution in [0.15, 0.2) is 60.7 Å². The number of rotatable bonds is 6. The summed E-state index contributed by atoms with van der Waals surface area (Å²) in [5.74, 6) is 0.677. The fourth-order valence-electron chi connectivity index (χ4n) is 4.27. The number of piperidine rings is 1. The van der Waals surface area contributed by atoms with Gasteiger partial charge in [-0.15, -0.1) is 0 Å². The van der Waals surface area contributed by atoms with E-state index in [1.54, 1.807) is 0 Å². The number of hydrogen-bond acceptors (Lipinski definition) is 2. The molecule has 0 bridgehead atoms. The number of amides is 1. The Morgan fingerprint density at radius 2 is 1.67 bits per heavy atom. The van der Waals surface area contributed by atoms with Gasteiger partial charge in [-0.05, 0) is 43.4 Å². The molecule has 3 heteroatoms. The number of carbonyl (C=O) groups excluding carboxylic acids is 1. The van der Waals surface area contributed by atoms with Crippen molar-refractivity contribution in [3.63, 3.8) is 0 Å². The Morgan fingerprint density at radius 3 is 2.30 bits per heavy atom. The second kappa shape index (κ2) is 9.18. The van der Waals surface area contributed by atoms with Crippen molar-refractivity contribution in [2.45, 2.75) is 52.1 Å². The van der Waals surface area contributed by atoms with Crippen LogP contribution in [0.4, 0.5) is 5.69 Å². The van der Waals surface area contributed by atoms with Crippen LogP contribution < -0.4 is 4.90 Å². The number of carbonyl (C=O) groups is 1. The molecule has 144 valence electrons. The maximum absolute atomic E-state index is 12.8. The van der Waals surface area contributed by atoms with E-state index in [9.17, 15) is 4.79 Å². The Bertz CT molecular complexity index is 716. The first-order valence-electron chi connectivity index (χ1n) is 10.2. The molecular weight excluding hydrogens is 332 g/mol. The van der Waals surface area contributed by atoms with E-state index in [2.05, 4.69) is 66.1 Å². The lowest BCUT2D eigenvalue weighted by Gasteiger charge is -2.46. The third kappa shape index (κ3) is 4.78. The second-order valence-electron chi connectivity index (χ2n) is 7.81. The van der Waals surface area contributed by atoms with Crippen LogP contribution in [0, 0.1) is 5.92 Å². The zero-order chi connectivity index (χ0) is 19.2. The normalized spacial score (nSPS) is 23.1. The summed E-state index contributed by atoms with van der Waals surface area (Å²) in [7, 11) is 0. The molecule has 1 saturated heterocycles. The van der Waals surface area contributed by atoms with Gasteiger partial charge in [-0.3, -0.25) is 9.69 Å². The van der Waals surface area contributed by atoms with Crippen LogP contribution >= 0.6 is 0 Å². The molecule has 1 fully saturated rings. The molecule has 0 spiro atoms. The third-order valence-corrected chi connectivity index (χ3v) is 5.85. The highest BCUT2D eigenvalue weighted by Gasteiger charge is 2.36. The Morgan fingerprint density at radius 1 is 1.04 bits per heavy atom. The highest BCUT2D eigenvalue weighted by Crippen LogP contribution is 2.30. The summed E-state index contributed by atoms with van der Waals surface area (Å²) < 4.78 is 0. The van der Waals surface area contributed by atoms with Crippen LogP contribution in [-0.2, 0) is 11.2 Å². The van der Waals surface area contributed by atoms with Crippen LogP contribution in [0.2, 0.25) is 0 Å². The average molecular weight is 365 g/mol. The molecule has 0 saturated carbocycles. The van der Waals surface area contributed by atoms with Crippen LogP contribution in [-0.4, -0.2) is 36.0 Å². The summed E-state index contributed by atoms with van der Waals surface area (Å²) in [4.78, 5) is 17.4. The highest BCUT2D eigenvalue weighted by molar-refractivity contribution is 5.93. The standard InChI is InChI=1S/C24H32N2O/c1-4-24(27)26(22-13-9-6-10-14-22)23-17-20(3)25(18-19(23)2)16-15-21-11-7-5-8-12-21/h5-14,19-20,23H,4,15-18H2,1-3H3. The maximum atomic E-state index is 12.8. The summed E-state index contributed by atoms with van der Waals surface area (Å²) in [6, 6.07) is 21.6. The van der Waals surface area contributed by atoms with E-state index in [0.29, 0.717) is 18.4 Å². The Hall–Kier alpha value is -2.13. The molecule has 0 aromatic heterocycles. The first kappa shape index (κ1) is 19.6. The van der Waals surface area contributed by atoms with Crippen LogP contribution in [0.5, 0.6) is 0 Å². The molecule has 1 aliphatic rings. The fourth-order valence-corrected chi connectivity index (χ4v) is 4.27. The molecule has 3 rings (SSSR count). The summed E-state index contributed by atoms with van der Waals surface area (Å²) in [6.45, 7) is 8.68. The Kier molecular flexibility index (Phi) is 6.68. The molecule has 3 nitrogen and oxygen atoms in total. The van der Waals surface area contributed by atoms with Gasteiger partial charge in [0.1, 0.15) is 0 Å². The molecule has 0 N–H and O–H groups in total. The van der Waals surface area contributed by atoms with Gasteiger partial charge in [-0.2, -0.15) is 0 Å². The van der Waals surface area contributed by atoms with Crippen molar-refractivity contribution >= 4 is 11.6 Å². The molecule has 3 atom stereocenters. The molecule has 1 aliphatic heterocycles. The number of nitrogens with zero attached hydrogens (tertiary/aromatic N) is 2. The van der Waals surface area contributed by atoms with Crippen molar-refractivity contribution in [1.29, 1.82) is 0 Å². The quantitative estimate of drug-likeness (QED) is 0.737. The Balaban J connectivity index is 1.70. The van der Waals surface area contributed by atoms with Crippen molar-refractivity contribution in [3.8, 4) is 0 Å². The van der Waals surface area contributed by atoms with Gasteiger partial charge in [0.25, 0.3) is 0 Å². The minimum atomic E-state index is 0.225. The van der Waals surface area contributed by atoms with Gasteiger partial charge in [0.15, 0.2) is 0 Å². The second-order valence-corrected chi connectivity index (χ2v) is 7.81. The van der Waals surface area contributed by atoms with Gasteiger partial charge in [0.05, 0.1) is 0 Å². The first-order valence-corrected chi connectivity index (χ1v) is 10.2. The summed E-state index contributed by atoms with van der Waals surface area (Å²) in [5.41, 5.74) is 2.43. The average Bonchev–Trinajstić information content (AvgIpc) is 2.71. The molecule has 0 aliphatic carbocycles. The van der Waals surface area contributed by atoms with E-state index in [-0.39, 0.29) is 11.9 Å². The summed E-state index contributed by atoms with van der Waals surface area (Å²) in [5, 5.41) is 0. The van der Waals surface area contributed by atoms with Crippen molar-refractivity contribution in [3.05, 3.63) is 66.2 Å². The highest BCUT2D eigenvalue weighted by atomic mass is 16.2. The molecular formula is C24H32N2O. The van der Waals surface area contributed by atoms with Gasteiger partial charge in [0, 0.05) is 37.3 Å². The fraction of sp³-hybridized carbons (Fsp3) is 0.458. The molecule has 0 radical (unpaired) electrons. The van der Waals surface area contributed by atoms with Crippen LogP contribution in [0.1, 0.15) is 39.2 Å². The number of benzene rings is 2. The van der Waals surface area contributed by atoms with Gasteiger partial charge < -0.3 is 4.90 Å². The van der Waals surface area contributed by atoms with E-state index in [4.69, 9.17) is 0 Å². The molecule has 1 heterocycles. The third-order valence-electron chi connectivity index (χ3n) is 5.85. The molecule has 3 unspecified atom stereocenters. The monoisotopic (exact) mass is 364 g/mol. The van der Waals surface area contributed by atoms with Crippen LogP contribution in [0.25, 0.3) is 0 Å². The van der Waals surface area contributed by atoms with E-state index in [1.165, 1.54) is 5.56 Å². The van der Waals surface area contributed by atoms with Crippen molar-refractivity contribution < 1.29 is 4.79 Å². The van der Waals surface area contributed by atoms with Crippen LogP contribution in [0.3, 0.4) is 0 Å². The summed E-state index contributed by atoms with van der Waals surface area (Å²) in [6.07, 6.45) is 2.65. The van der Waals surface area contributed by atoms with E-state index in [0.717, 1.165) is 31.6 Å². The summed E-state index contributed by atoms with van der Waals surface area (Å²) >= 11 is 0. The van der Waals surface area contributed by atoms with Gasteiger partial charge in [-0.25, -0.2) is 0 Å². The maximum Gasteiger partial charge on any atom is 0.226 e. The van der Waals surface area contributed by atoms with E-state index >= 15 is 0 Å². The van der Waals surface area contributed by atoms with Crippen molar-refractivity contribution in [1.82, 2.24) is 4.90 Å². The predicted octanol–water partition coefficient (Wildman–Crippen LogP) is 4.77. The largest absolute Gasteiger partial charge is 0.309 e. The zero-order valence-corrected chi connectivity index (χ0v) is 16.8. The molecule has 1 amide bonds. The smallest absolute Gasteiger partial charge is 0.226 e. The van der Waals surface area contributed by atoms with E-state index in [1.807, 2.05) is 25.1 Å². The molecule has 2 aromatic carbocycles. The SMILES string of the molecule is CCC(=O)N(c1ccccc1)C1CC(C)N(CCc2ccccc2)CC1C. The minimum Gasteiger partial charge on any atom is -0.309 e. The zero-order valence-electron chi connectivity index (χ0n) is 16.8. The lowest BCUT2D eigenvalue weighted by atomic mass is 9.87. The number of anilines is 1. The molecule has 27 heavy (non-hydrogen) atoms. The van der Waals surface area contributed by atoms with Gasteiger partial charge in [0.2, 0.25) is 5.91 Å².